The molecule has 0 aliphatic carbocycles. The van der Waals surface area contributed by atoms with Crippen LogP contribution in [0.15, 0.2) is 78.9 Å². The van der Waals surface area contributed by atoms with E-state index in [2.05, 4.69) is 10.6 Å². The van der Waals surface area contributed by atoms with E-state index >= 15 is 0 Å². The van der Waals surface area contributed by atoms with Gasteiger partial charge in [-0.1, -0.05) is 24.3 Å². The standard InChI is InChI=1S/C29H31N3O8/c1-2-36-25(13-14-27(34)32-23-6-4-3-5-22(23)30)28(19-7-10-21(11-8-19)37-16-15-33)40-29(35)31-20-9-12-24-26(17-20)39-18-38-24/h3-14,17,25,28,33H,2,15-16,18,30H2,1H3,(H,31,35)(H,32,34)/b14-13+/t25-,28-/m0/s1. The lowest BCUT2D eigenvalue weighted by Crippen LogP contribution is -2.28. The molecule has 1 aliphatic heterocycles. The number of hydrogen-bond donors (Lipinski definition) is 4. The van der Waals surface area contributed by atoms with Gasteiger partial charge in [0.2, 0.25) is 12.7 Å². The number of nitrogen functional groups attached to an aromatic ring is 1. The predicted molar refractivity (Wildman–Crippen MR) is 148 cm³/mol. The zero-order valence-corrected chi connectivity index (χ0v) is 21.9. The second-order valence-corrected chi connectivity index (χ2v) is 8.52. The maximum Gasteiger partial charge on any atom is 0.412 e. The molecule has 0 fully saturated rings. The summed E-state index contributed by atoms with van der Waals surface area (Å²) in [4.78, 5) is 25.6. The van der Waals surface area contributed by atoms with Gasteiger partial charge in [-0.2, -0.15) is 0 Å². The topological polar surface area (TPSA) is 151 Å². The van der Waals surface area contributed by atoms with Crippen LogP contribution < -0.4 is 30.6 Å². The number of amides is 2. The maximum atomic E-state index is 13.0. The fraction of sp³-hybridized carbons (Fsp3) is 0.241. The highest BCUT2D eigenvalue weighted by Gasteiger charge is 2.27. The maximum absolute atomic E-state index is 13.0. The number of carbonyl (C=O) groups excluding carboxylic acids is 2. The van der Waals surface area contributed by atoms with Gasteiger partial charge < -0.3 is 39.8 Å². The van der Waals surface area contributed by atoms with Gasteiger partial charge in [0, 0.05) is 24.4 Å². The molecule has 1 heterocycles. The second-order valence-electron chi connectivity index (χ2n) is 8.52. The van der Waals surface area contributed by atoms with Crippen molar-refractivity contribution in [2.45, 2.75) is 19.1 Å². The number of anilines is 3. The summed E-state index contributed by atoms with van der Waals surface area (Å²) in [7, 11) is 0. The summed E-state index contributed by atoms with van der Waals surface area (Å²) in [6.07, 6.45) is 0.316. The third-order valence-electron chi connectivity index (χ3n) is 5.74. The first-order valence-corrected chi connectivity index (χ1v) is 12.6. The SMILES string of the molecule is CCO[C@@H](/C=C/C(=O)Nc1ccccc1N)[C@@H](OC(=O)Nc1ccc2c(c1)OCO2)c1ccc(OCCO)cc1. The van der Waals surface area contributed by atoms with Gasteiger partial charge in [0.25, 0.3) is 0 Å². The van der Waals surface area contributed by atoms with Gasteiger partial charge in [0.05, 0.1) is 18.0 Å². The van der Waals surface area contributed by atoms with Crippen LogP contribution in [0.5, 0.6) is 17.2 Å². The van der Waals surface area contributed by atoms with E-state index in [-0.39, 0.29) is 26.6 Å². The number of carbonyl (C=O) groups is 2. The second kappa shape index (κ2) is 13.9. The van der Waals surface area contributed by atoms with E-state index in [0.717, 1.165) is 0 Å². The Morgan fingerprint density at radius 3 is 2.58 bits per heavy atom. The first-order chi connectivity index (χ1) is 19.5. The molecular formula is C29H31N3O8. The smallest absolute Gasteiger partial charge is 0.412 e. The lowest BCUT2D eigenvalue weighted by molar-refractivity contribution is -0.112. The molecule has 11 nitrogen and oxygen atoms in total. The Kier molecular flexibility index (Phi) is 9.81. The molecule has 4 rings (SSSR count). The lowest BCUT2D eigenvalue weighted by Gasteiger charge is -2.25. The number of benzene rings is 3. The van der Waals surface area contributed by atoms with E-state index in [0.29, 0.717) is 39.9 Å². The van der Waals surface area contributed by atoms with Crippen molar-refractivity contribution in [2.75, 3.05) is 43.0 Å². The fourth-order valence-corrected chi connectivity index (χ4v) is 3.88. The van der Waals surface area contributed by atoms with Crippen LogP contribution in [0.1, 0.15) is 18.6 Å². The minimum Gasteiger partial charge on any atom is -0.491 e. The fourth-order valence-electron chi connectivity index (χ4n) is 3.88. The van der Waals surface area contributed by atoms with Crippen molar-refractivity contribution in [3.63, 3.8) is 0 Å². The van der Waals surface area contributed by atoms with Crippen molar-refractivity contribution in [1.82, 2.24) is 0 Å². The molecular weight excluding hydrogens is 518 g/mol. The first kappa shape index (κ1) is 28.3. The molecule has 0 aromatic heterocycles. The monoisotopic (exact) mass is 549 g/mol. The van der Waals surface area contributed by atoms with Crippen molar-refractivity contribution < 1.29 is 38.4 Å². The normalized spacial score (nSPS) is 13.4. The van der Waals surface area contributed by atoms with Gasteiger partial charge >= 0.3 is 6.09 Å². The number of hydrogen-bond acceptors (Lipinski definition) is 9. The Bertz CT molecular complexity index is 1330. The highest BCUT2D eigenvalue weighted by Crippen LogP contribution is 2.34. The minimum absolute atomic E-state index is 0.107. The van der Waals surface area contributed by atoms with Crippen molar-refractivity contribution in [3.05, 3.63) is 84.4 Å². The van der Waals surface area contributed by atoms with E-state index in [1.807, 2.05) is 0 Å². The number of ether oxygens (including phenoxy) is 5. The number of para-hydroxylation sites is 2. The highest BCUT2D eigenvalue weighted by atomic mass is 16.7. The minimum atomic E-state index is -0.938. The summed E-state index contributed by atoms with van der Waals surface area (Å²) in [6.45, 7) is 2.20. The van der Waals surface area contributed by atoms with Gasteiger partial charge in [-0.05, 0) is 55.0 Å². The molecule has 0 saturated carbocycles. The van der Waals surface area contributed by atoms with Gasteiger partial charge in [0.1, 0.15) is 18.5 Å². The summed E-state index contributed by atoms with van der Waals surface area (Å²) >= 11 is 0. The Labute approximate surface area is 231 Å². The molecule has 11 heteroatoms. The molecule has 210 valence electrons. The molecule has 0 bridgehead atoms. The van der Waals surface area contributed by atoms with Gasteiger partial charge in [-0.15, -0.1) is 0 Å². The molecule has 0 unspecified atom stereocenters. The molecule has 5 N–H and O–H groups in total. The lowest BCUT2D eigenvalue weighted by atomic mass is 10.0. The van der Waals surface area contributed by atoms with Crippen LogP contribution in [-0.2, 0) is 14.3 Å². The largest absolute Gasteiger partial charge is 0.491 e. The number of fused-ring (bicyclic) bond motifs is 1. The molecule has 1 aliphatic rings. The highest BCUT2D eigenvalue weighted by molar-refractivity contribution is 6.01. The Morgan fingerprint density at radius 2 is 1.82 bits per heavy atom. The molecule has 3 aromatic rings. The van der Waals surface area contributed by atoms with Crippen molar-refractivity contribution in [1.29, 1.82) is 0 Å². The summed E-state index contributed by atoms with van der Waals surface area (Å²) in [5.74, 6) is 1.19. The van der Waals surface area contributed by atoms with Crippen molar-refractivity contribution in [2.24, 2.45) is 0 Å². The third kappa shape index (κ3) is 7.65. The number of aliphatic hydroxyl groups is 1. The number of nitrogens with one attached hydrogen (secondary N) is 2. The van der Waals surface area contributed by atoms with Gasteiger partial charge in [0.15, 0.2) is 17.6 Å². The predicted octanol–water partition coefficient (Wildman–Crippen LogP) is 4.26. The van der Waals surface area contributed by atoms with E-state index in [1.165, 1.54) is 12.2 Å². The first-order valence-electron chi connectivity index (χ1n) is 12.6. The van der Waals surface area contributed by atoms with Crippen LogP contribution in [0.25, 0.3) is 0 Å². The van der Waals surface area contributed by atoms with Crippen molar-refractivity contribution in [3.8, 4) is 17.2 Å². The van der Waals surface area contributed by atoms with Crippen LogP contribution in [0.2, 0.25) is 0 Å². The summed E-state index contributed by atoms with van der Waals surface area (Å²) in [5, 5.41) is 14.4. The quantitative estimate of drug-likeness (QED) is 0.192. The Morgan fingerprint density at radius 1 is 1.05 bits per heavy atom. The van der Waals surface area contributed by atoms with Crippen LogP contribution >= 0.6 is 0 Å². The van der Waals surface area contributed by atoms with Crippen LogP contribution in [0.4, 0.5) is 21.9 Å². The van der Waals surface area contributed by atoms with Gasteiger partial charge in [-0.3, -0.25) is 10.1 Å². The van der Waals surface area contributed by atoms with Crippen LogP contribution in [-0.4, -0.2) is 49.8 Å². The summed E-state index contributed by atoms with van der Waals surface area (Å²) in [6, 6.07) is 18.7. The average Bonchev–Trinajstić information content (AvgIpc) is 3.43. The van der Waals surface area contributed by atoms with Crippen LogP contribution in [0, 0.1) is 0 Å². The van der Waals surface area contributed by atoms with E-state index in [1.54, 1.807) is 73.7 Å². The van der Waals surface area contributed by atoms with E-state index in [9.17, 15) is 9.59 Å². The van der Waals surface area contributed by atoms with Crippen molar-refractivity contribution >= 4 is 29.1 Å². The average molecular weight is 550 g/mol. The molecule has 0 saturated heterocycles. The number of nitrogens with two attached hydrogens (primary N) is 1. The number of aliphatic hydroxyl groups excluding tert-OH is 1. The Hall–Kier alpha value is -4.74. The molecule has 3 aromatic carbocycles. The zero-order valence-electron chi connectivity index (χ0n) is 21.9. The molecule has 2 amide bonds. The van der Waals surface area contributed by atoms with E-state index in [4.69, 9.17) is 34.5 Å². The summed E-state index contributed by atoms with van der Waals surface area (Å²) < 4.78 is 27.8. The van der Waals surface area contributed by atoms with E-state index < -0.39 is 24.2 Å². The molecule has 2 atom stereocenters. The summed E-state index contributed by atoms with van der Waals surface area (Å²) in [5.41, 5.74) is 7.86. The Balaban J connectivity index is 1.54. The third-order valence-corrected chi connectivity index (χ3v) is 5.74. The molecule has 0 radical (unpaired) electrons. The van der Waals surface area contributed by atoms with Gasteiger partial charge in [-0.25, -0.2) is 4.79 Å². The molecule has 0 spiro atoms. The van der Waals surface area contributed by atoms with Crippen LogP contribution in [0.3, 0.4) is 0 Å². The number of rotatable bonds is 12. The zero-order chi connectivity index (χ0) is 28.3. The molecule has 40 heavy (non-hydrogen) atoms.